The fraction of sp³-hybridized carbons (Fsp3) is 0.421. The van der Waals surface area contributed by atoms with E-state index >= 15 is 0 Å². The molecule has 0 radical (unpaired) electrons. The van der Waals surface area contributed by atoms with E-state index in [0.717, 1.165) is 52.9 Å². The Balaban J connectivity index is 1.55. The fourth-order valence-electron chi connectivity index (χ4n) is 3.91. The zero-order chi connectivity index (χ0) is 19.0. The van der Waals surface area contributed by atoms with Crippen molar-refractivity contribution in [2.75, 3.05) is 10.6 Å². The highest BCUT2D eigenvalue weighted by Gasteiger charge is 2.30. The van der Waals surface area contributed by atoms with E-state index in [9.17, 15) is 10.3 Å². The number of fused-ring (bicyclic) bond motifs is 1. The third-order valence-electron chi connectivity index (χ3n) is 5.35. The Hall–Kier alpha value is -2.63. The van der Waals surface area contributed by atoms with Crippen LogP contribution >= 0.6 is 0 Å². The standard InChI is InChI=1S/C19H22BN5O2/c1-11-6-15(7-14-10-27-20(26)17(11)14)23-19-22-9-12(2)18(25-19)24-16-5-3-4-13(16)8-21/h6-7,9,13,16,26H,3-5,10H2,1-2H3,(H2,22,23,24,25)/t13?,16-/m0/s1. The van der Waals surface area contributed by atoms with Gasteiger partial charge in [0, 0.05) is 23.5 Å². The number of nitriles is 1. The number of hydrogen-bond donors (Lipinski definition) is 3. The molecule has 0 spiro atoms. The summed E-state index contributed by atoms with van der Waals surface area (Å²) in [5.41, 5.74) is 4.59. The van der Waals surface area contributed by atoms with Crippen molar-refractivity contribution in [3.8, 4) is 6.07 Å². The van der Waals surface area contributed by atoms with Crippen molar-refractivity contribution in [3.63, 3.8) is 0 Å². The normalized spacial score (nSPS) is 21.0. The summed E-state index contributed by atoms with van der Waals surface area (Å²) in [6.45, 7) is 4.30. The maximum atomic E-state index is 9.89. The van der Waals surface area contributed by atoms with Gasteiger partial charge >= 0.3 is 7.12 Å². The quantitative estimate of drug-likeness (QED) is 0.715. The SMILES string of the molecule is Cc1cnc(Nc2cc(C)c3c(c2)COB3O)nc1N[C@H]1CCCC1C#N. The minimum absolute atomic E-state index is 0.0292. The Morgan fingerprint density at radius 3 is 2.96 bits per heavy atom. The molecule has 1 aromatic carbocycles. The predicted octanol–water partition coefficient (Wildman–Crippen LogP) is 2.16. The molecule has 0 amide bonds. The predicted molar refractivity (Wildman–Crippen MR) is 104 cm³/mol. The van der Waals surface area contributed by atoms with Crippen LogP contribution in [0.3, 0.4) is 0 Å². The lowest BCUT2D eigenvalue weighted by atomic mass is 9.76. The summed E-state index contributed by atoms with van der Waals surface area (Å²) < 4.78 is 5.30. The Kier molecular flexibility index (Phi) is 4.73. The summed E-state index contributed by atoms with van der Waals surface area (Å²) in [6, 6.07) is 6.43. The lowest BCUT2D eigenvalue weighted by Crippen LogP contribution is -2.30. The Morgan fingerprint density at radius 1 is 1.30 bits per heavy atom. The summed E-state index contributed by atoms with van der Waals surface area (Å²) in [6.07, 6.45) is 4.76. The van der Waals surface area contributed by atoms with Crippen LogP contribution in [0.2, 0.25) is 0 Å². The smallest absolute Gasteiger partial charge is 0.423 e. The van der Waals surface area contributed by atoms with Crippen LogP contribution in [0, 0.1) is 31.1 Å². The number of nitrogens with one attached hydrogen (secondary N) is 2. The van der Waals surface area contributed by atoms with Gasteiger partial charge in [0.2, 0.25) is 5.95 Å². The van der Waals surface area contributed by atoms with E-state index in [2.05, 4.69) is 26.7 Å². The Labute approximate surface area is 158 Å². The largest absolute Gasteiger partial charge is 0.492 e. The molecule has 138 valence electrons. The highest BCUT2D eigenvalue weighted by molar-refractivity contribution is 6.62. The molecule has 7 nitrogen and oxygen atoms in total. The molecule has 2 aromatic rings. The van der Waals surface area contributed by atoms with E-state index in [4.69, 9.17) is 4.65 Å². The molecule has 2 aliphatic rings. The monoisotopic (exact) mass is 363 g/mol. The molecular weight excluding hydrogens is 341 g/mol. The Bertz CT molecular complexity index is 914. The highest BCUT2D eigenvalue weighted by atomic mass is 16.5. The molecule has 27 heavy (non-hydrogen) atoms. The number of nitrogens with zero attached hydrogens (tertiary/aromatic N) is 3. The van der Waals surface area contributed by atoms with Gasteiger partial charge < -0.3 is 20.3 Å². The zero-order valence-electron chi connectivity index (χ0n) is 15.5. The minimum atomic E-state index is -0.847. The first-order valence-electron chi connectivity index (χ1n) is 9.25. The number of anilines is 3. The molecule has 2 atom stereocenters. The van der Waals surface area contributed by atoms with Gasteiger partial charge in [-0.2, -0.15) is 10.2 Å². The van der Waals surface area contributed by atoms with Gasteiger partial charge in [-0.05, 0) is 61.8 Å². The molecule has 1 unspecified atom stereocenters. The van der Waals surface area contributed by atoms with Gasteiger partial charge in [0.15, 0.2) is 0 Å². The van der Waals surface area contributed by atoms with Crippen LogP contribution in [0.4, 0.5) is 17.5 Å². The Morgan fingerprint density at radius 2 is 2.15 bits per heavy atom. The van der Waals surface area contributed by atoms with E-state index in [1.807, 2.05) is 26.0 Å². The third-order valence-corrected chi connectivity index (χ3v) is 5.35. The first-order valence-corrected chi connectivity index (χ1v) is 9.25. The summed E-state index contributed by atoms with van der Waals surface area (Å²) in [5.74, 6) is 1.28. The molecule has 1 aromatic heterocycles. The topological polar surface area (TPSA) is 103 Å². The highest BCUT2D eigenvalue weighted by Crippen LogP contribution is 2.29. The van der Waals surface area contributed by atoms with Gasteiger partial charge in [-0.1, -0.05) is 0 Å². The van der Waals surface area contributed by atoms with Crippen LogP contribution in [0.1, 0.15) is 36.0 Å². The van der Waals surface area contributed by atoms with Crippen molar-refractivity contribution in [2.45, 2.75) is 45.8 Å². The molecule has 4 rings (SSSR count). The second kappa shape index (κ2) is 7.18. The zero-order valence-corrected chi connectivity index (χ0v) is 15.5. The van der Waals surface area contributed by atoms with E-state index < -0.39 is 7.12 Å². The summed E-state index contributed by atoms with van der Waals surface area (Å²) in [4.78, 5) is 8.99. The maximum Gasteiger partial charge on any atom is 0.492 e. The van der Waals surface area contributed by atoms with Crippen LogP contribution in [0.25, 0.3) is 0 Å². The van der Waals surface area contributed by atoms with E-state index in [0.29, 0.717) is 12.6 Å². The maximum absolute atomic E-state index is 9.89. The second-order valence-corrected chi connectivity index (χ2v) is 7.30. The molecular formula is C19H22BN5O2. The molecule has 2 heterocycles. The number of aryl methyl sites for hydroxylation is 2. The average Bonchev–Trinajstić information content (AvgIpc) is 3.24. The molecule has 1 fully saturated rings. The fourth-order valence-corrected chi connectivity index (χ4v) is 3.91. The van der Waals surface area contributed by atoms with Crippen LogP contribution in [-0.4, -0.2) is 28.2 Å². The van der Waals surface area contributed by atoms with Crippen molar-refractivity contribution < 1.29 is 9.68 Å². The van der Waals surface area contributed by atoms with Crippen LogP contribution in [0.5, 0.6) is 0 Å². The lowest BCUT2D eigenvalue weighted by Gasteiger charge is -2.18. The van der Waals surface area contributed by atoms with Crippen molar-refractivity contribution in [2.24, 2.45) is 5.92 Å². The van der Waals surface area contributed by atoms with E-state index in [-0.39, 0.29) is 12.0 Å². The van der Waals surface area contributed by atoms with Crippen LogP contribution in [-0.2, 0) is 11.3 Å². The van der Waals surface area contributed by atoms with Gasteiger partial charge in [-0.3, -0.25) is 0 Å². The summed E-state index contributed by atoms with van der Waals surface area (Å²) >= 11 is 0. The first kappa shape index (κ1) is 17.8. The van der Waals surface area contributed by atoms with Gasteiger partial charge in [0.1, 0.15) is 5.82 Å². The van der Waals surface area contributed by atoms with Gasteiger partial charge in [-0.15, -0.1) is 0 Å². The minimum Gasteiger partial charge on any atom is -0.423 e. The van der Waals surface area contributed by atoms with Crippen LogP contribution < -0.4 is 16.1 Å². The number of rotatable bonds is 4. The molecule has 1 saturated carbocycles. The van der Waals surface area contributed by atoms with Crippen molar-refractivity contribution >= 4 is 30.0 Å². The lowest BCUT2D eigenvalue weighted by molar-refractivity contribution is 0.275. The van der Waals surface area contributed by atoms with E-state index in [1.54, 1.807) is 6.20 Å². The molecule has 8 heteroatoms. The number of benzene rings is 1. The van der Waals surface area contributed by atoms with Gasteiger partial charge in [0.05, 0.1) is 18.6 Å². The second-order valence-electron chi connectivity index (χ2n) is 7.30. The van der Waals surface area contributed by atoms with Crippen molar-refractivity contribution in [3.05, 3.63) is 35.0 Å². The molecule has 0 saturated heterocycles. The van der Waals surface area contributed by atoms with Crippen LogP contribution in [0.15, 0.2) is 18.3 Å². The van der Waals surface area contributed by atoms with Crippen molar-refractivity contribution in [1.82, 2.24) is 9.97 Å². The van der Waals surface area contributed by atoms with Gasteiger partial charge in [0.25, 0.3) is 0 Å². The average molecular weight is 363 g/mol. The van der Waals surface area contributed by atoms with Gasteiger partial charge in [-0.25, -0.2) is 4.98 Å². The molecule has 0 bridgehead atoms. The van der Waals surface area contributed by atoms with E-state index in [1.165, 1.54) is 0 Å². The molecule has 1 aliphatic carbocycles. The first-order chi connectivity index (χ1) is 13.0. The summed E-state index contributed by atoms with van der Waals surface area (Å²) in [5, 5.41) is 25.9. The number of aromatic nitrogens is 2. The number of hydrogen-bond acceptors (Lipinski definition) is 7. The van der Waals surface area contributed by atoms with Crippen molar-refractivity contribution in [1.29, 1.82) is 5.26 Å². The third kappa shape index (κ3) is 3.48. The summed E-state index contributed by atoms with van der Waals surface area (Å²) in [7, 11) is -0.847. The molecule has 1 aliphatic heterocycles. The molecule has 3 N–H and O–H groups in total.